The van der Waals surface area contributed by atoms with Gasteiger partial charge in [-0.25, -0.2) is 18.4 Å². The van der Waals surface area contributed by atoms with Crippen molar-refractivity contribution in [1.29, 1.82) is 0 Å². The molecule has 1 amide bonds. The second-order valence-corrected chi connectivity index (χ2v) is 12.5. The summed E-state index contributed by atoms with van der Waals surface area (Å²) in [7, 11) is 0. The minimum Gasteiger partial charge on any atom is -0.487 e. The van der Waals surface area contributed by atoms with E-state index in [9.17, 15) is 24.6 Å². The zero-order valence-corrected chi connectivity index (χ0v) is 24.8. The molecule has 0 bridgehead atoms. The van der Waals surface area contributed by atoms with Crippen molar-refractivity contribution in [3.05, 3.63) is 76.3 Å². The van der Waals surface area contributed by atoms with Gasteiger partial charge < -0.3 is 33.9 Å². The van der Waals surface area contributed by atoms with E-state index in [0.29, 0.717) is 12.1 Å². The highest BCUT2D eigenvalue weighted by Gasteiger charge is 2.48. The van der Waals surface area contributed by atoms with Crippen molar-refractivity contribution in [3.8, 4) is 11.5 Å². The topological polar surface area (TPSA) is 149 Å². The summed E-state index contributed by atoms with van der Waals surface area (Å²) < 4.78 is 51.4. The van der Waals surface area contributed by atoms with Gasteiger partial charge in [0.2, 0.25) is 5.43 Å². The molecule has 47 heavy (non-hydrogen) atoms. The SMILES string of the molecule is O=C(O)c1cn(C2CC2)c2c3c(c(F)cc2c1=O)N1C[C@](O)(COc2ccc(N4C[C@H](Cn5cccn5)OC4=O)cc2F)C[C@H]1CO3. The van der Waals surface area contributed by atoms with Crippen LogP contribution in [0.2, 0.25) is 0 Å². The maximum Gasteiger partial charge on any atom is 0.414 e. The minimum absolute atomic E-state index is 0.0445. The molecule has 3 aliphatic heterocycles. The lowest BCUT2D eigenvalue weighted by atomic mass is 10.0. The molecule has 4 aliphatic rings. The number of carbonyl (C=O) groups is 2. The summed E-state index contributed by atoms with van der Waals surface area (Å²) >= 11 is 0. The van der Waals surface area contributed by atoms with E-state index in [1.807, 2.05) is 0 Å². The molecular formula is C32H29F2N5O8. The van der Waals surface area contributed by atoms with Crippen LogP contribution < -0.4 is 24.7 Å². The van der Waals surface area contributed by atoms with Gasteiger partial charge in [-0.3, -0.25) is 14.4 Å². The summed E-state index contributed by atoms with van der Waals surface area (Å²) in [6, 6.07) is 6.37. The first-order valence-electron chi connectivity index (χ1n) is 15.2. The van der Waals surface area contributed by atoms with E-state index in [4.69, 9.17) is 14.2 Å². The van der Waals surface area contributed by atoms with Gasteiger partial charge in [-0.05, 0) is 37.1 Å². The third-order valence-electron chi connectivity index (χ3n) is 9.14. The average molecular weight is 650 g/mol. The second-order valence-electron chi connectivity index (χ2n) is 12.5. The lowest BCUT2D eigenvalue weighted by Crippen LogP contribution is -2.41. The molecule has 0 spiro atoms. The zero-order valence-electron chi connectivity index (χ0n) is 24.8. The van der Waals surface area contributed by atoms with Crippen LogP contribution in [0.25, 0.3) is 10.9 Å². The maximum atomic E-state index is 15.7. The van der Waals surface area contributed by atoms with Gasteiger partial charge in [0.15, 0.2) is 23.1 Å². The highest BCUT2D eigenvalue weighted by atomic mass is 19.1. The third kappa shape index (κ3) is 5.01. The first-order valence-corrected chi connectivity index (χ1v) is 15.2. The number of aliphatic hydroxyl groups is 1. The molecule has 4 aromatic rings. The number of hydrogen-bond acceptors (Lipinski definition) is 9. The van der Waals surface area contributed by atoms with Crippen LogP contribution in [-0.2, 0) is 11.3 Å². The van der Waals surface area contributed by atoms with Crippen LogP contribution in [0.3, 0.4) is 0 Å². The fourth-order valence-electron chi connectivity index (χ4n) is 6.83. The molecule has 2 saturated heterocycles. The Hall–Kier alpha value is -5.18. The predicted octanol–water partition coefficient (Wildman–Crippen LogP) is 3.32. The quantitative estimate of drug-likeness (QED) is 0.291. The molecule has 8 rings (SSSR count). The minimum atomic E-state index is -1.51. The number of aromatic nitrogens is 3. The fourth-order valence-corrected chi connectivity index (χ4v) is 6.83. The fraction of sp³-hybridized carbons (Fsp3) is 0.375. The molecule has 0 unspecified atom stereocenters. The highest BCUT2D eigenvalue weighted by molar-refractivity contribution is 5.97. The lowest BCUT2D eigenvalue weighted by Gasteiger charge is -2.34. The van der Waals surface area contributed by atoms with Crippen molar-refractivity contribution in [2.24, 2.45) is 0 Å². The Kier molecular flexibility index (Phi) is 6.65. The van der Waals surface area contributed by atoms with Gasteiger partial charge in [-0.2, -0.15) is 5.10 Å². The number of pyridine rings is 1. The molecule has 3 fully saturated rings. The Morgan fingerprint density at radius 1 is 1.15 bits per heavy atom. The van der Waals surface area contributed by atoms with Crippen LogP contribution in [0.4, 0.5) is 25.0 Å². The molecule has 2 aromatic carbocycles. The number of rotatable bonds is 8. The smallest absolute Gasteiger partial charge is 0.414 e. The molecule has 1 saturated carbocycles. The van der Waals surface area contributed by atoms with Gasteiger partial charge in [0.25, 0.3) is 0 Å². The van der Waals surface area contributed by atoms with Crippen LogP contribution in [0.15, 0.2) is 53.7 Å². The number of benzene rings is 2. The monoisotopic (exact) mass is 649 g/mol. The summed E-state index contributed by atoms with van der Waals surface area (Å²) in [5.41, 5.74) is -2.08. The van der Waals surface area contributed by atoms with Crippen LogP contribution in [0, 0.1) is 11.6 Å². The van der Waals surface area contributed by atoms with E-state index in [0.717, 1.165) is 25.0 Å². The van der Waals surface area contributed by atoms with E-state index in [1.54, 1.807) is 32.6 Å². The number of fused-ring (bicyclic) bond motifs is 5. The van der Waals surface area contributed by atoms with E-state index in [2.05, 4.69) is 5.10 Å². The standard InChI is InChI=1S/C32H29F2N5O8/c33-23-8-18(38-12-20(47-31(38)43)11-36-7-1-6-35-36)4-5-25(23)46-16-32(44)10-19-14-45-29-26-21(9-24(34)27(29)39(19)15-32)28(40)22(30(41)42)13-37(26)17-2-3-17/h1,4-9,13,17,19-20,44H,2-3,10-12,14-16H2,(H,41,42)/t19-,20-,32-/m0/s1. The summed E-state index contributed by atoms with van der Waals surface area (Å²) in [5.74, 6) is -2.93. The molecule has 2 N–H and O–H groups in total. The number of hydrogen-bond donors (Lipinski definition) is 2. The number of carboxylic acids is 1. The molecule has 1 aliphatic carbocycles. The Morgan fingerprint density at radius 3 is 2.70 bits per heavy atom. The van der Waals surface area contributed by atoms with Crippen molar-refractivity contribution in [1.82, 2.24) is 14.3 Å². The first kappa shape index (κ1) is 29.2. The molecule has 2 aromatic heterocycles. The van der Waals surface area contributed by atoms with E-state index in [1.165, 1.54) is 23.2 Å². The van der Waals surface area contributed by atoms with Crippen LogP contribution in [0.1, 0.15) is 35.7 Å². The number of aromatic carboxylic acids is 1. The Balaban J connectivity index is 1.01. The van der Waals surface area contributed by atoms with Gasteiger partial charge in [-0.1, -0.05) is 0 Å². The van der Waals surface area contributed by atoms with Gasteiger partial charge in [0, 0.05) is 37.1 Å². The molecule has 13 nitrogen and oxygen atoms in total. The van der Waals surface area contributed by atoms with Gasteiger partial charge in [0.05, 0.1) is 42.3 Å². The maximum absolute atomic E-state index is 15.7. The molecule has 0 radical (unpaired) electrons. The van der Waals surface area contributed by atoms with Crippen molar-refractivity contribution >= 4 is 34.3 Å². The van der Waals surface area contributed by atoms with E-state index in [-0.39, 0.29) is 67.0 Å². The normalized spacial score (nSPS) is 23.4. The number of carboxylic acid groups (broad SMARTS) is 1. The molecule has 15 heteroatoms. The van der Waals surface area contributed by atoms with Crippen LogP contribution in [0.5, 0.6) is 11.5 Å². The van der Waals surface area contributed by atoms with Crippen molar-refractivity contribution in [2.75, 3.05) is 36.1 Å². The summed E-state index contributed by atoms with van der Waals surface area (Å²) in [6.45, 7) is 0.268. The summed E-state index contributed by atoms with van der Waals surface area (Å²) in [4.78, 5) is 40.2. The highest BCUT2D eigenvalue weighted by Crippen LogP contribution is 2.48. The van der Waals surface area contributed by atoms with Gasteiger partial charge in [0.1, 0.15) is 36.2 Å². The Bertz CT molecular complexity index is 2000. The Labute approximate surface area is 265 Å². The number of halogens is 2. The van der Waals surface area contributed by atoms with Gasteiger partial charge in [-0.15, -0.1) is 0 Å². The van der Waals surface area contributed by atoms with E-state index < -0.39 is 52.4 Å². The zero-order chi connectivity index (χ0) is 32.6. The van der Waals surface area contributed by atoms with Crippen LogP contribution in [-0.4, -0.2) is 80.7 Å². The number of anilines is 2. The van der Waals surface area contributed by atoms with Crippen molar-refractivity contribution in [2.45, 2.75) is 49.6 Å². The van der Waals surface area contributed by atoms with E-state index >= 15 is 8.78 Å². The third-order valence-corrected chi connectivity index (χ3v) is 9.14. The van der Waals surface area contributed by atoms with Crippen molar-refractivity contribution < 1.29 is 42.8 Å². The predicted molar refractivity (Wildman–Crippen MR) is 161 cm³/mol. The van der Waals surface area contributed by atoms with Crippen LogP contribution >= 0.6 is 0 Å². The lowest BCUT2D eigenvalue weighted by molar-refractivity contribution is 0.00980. The number of carbonyl (C=O) groups excluding carboxylic acids is 1. The number of amides is 1. The Morgan fingerprint density at radius 2 is 1.98 bits per heavy atom. The molecule has 244 valence electrons. The first-order chi connectivity index (χ1) is 22.6. The average Bonchev–Trinajstić information content (AvgIpc) is 3.45. The van der Waals surface area contributed by atoms with Crippen molar-refractivity contribution in [3.63, 3.8) is 0 Å². The summed E-state index contributed by atoms with van der Waals surface area (Å²) in [6.07, 6.45) is 5.28. The largest absolute Gasteiger partial charge is 0.487 e. The number of ether oxygens (including phenoxy) is 3. The molecular weight excluding hydrogens is 620 g/mol. The summed E-state index contributed by atoms with van der Waals surface area (Å²) in [5, 5.41) is 25.1. The van der Waals surface area contributed by atoms with Gasteiger partial charge >= 0.3 is 12.1 Å². The molecule has 3 atom stereocenters. The molecule has 5 heterocycles. The second kappa shape index (κ2) is 10.7. The number of cyclic esters (lactones) is 1. The number of nitrogens with zero attached hydrogens (tertiary/aromatic N) is 5.